The fourth-order valence-electron chi connectivity index (χ4n) is 12.8. The molecule has 0 saturated carbocycles. The van der Waals surface area contributed by atoms with Crippen molar-refractivity contribution in [2.75, 3.05) is 46.2 Å². The van der Waals surface area contributed by atoms with E-state index in [9.17, 15) is 9.59 Å². The Bertz CT molecular complexity index is 4810. The Morgan fingerprint density at radius 3 is 0.788 bits per heavy atom. The number of fused-ring (bicyclic) bond motifs is 6. The maximum atomic E-state index is 15.8. The first-order chi connectivity index (χ1) is 48.3. The second kappa shape index (κ2) is 32.2. The van der Waals surface area contributed by atoms with E-state index in [1.165, 1.54) is 0 Å². The lowest BCUT2D eigenvalue weighted by Crippen LogP contribution is -2.61. The van der Waals surface area contributed by atoms with Crippen molar-refractivity contribution in [2.45, 2.75) is 81.2 Å². The number of amides is 7. The van der Waals surface area contributed by atoms with Crippen molar-refractivity contribution < 1.29 is 47.8 Å². The van der Waals surface area contributed by atoms with Gasteiger partial charge in [-0.2, -0.15) is 0 Å². The molecule has 7 amide bonds. The van der Waals surface area contributed by atoms with Gasteiger partial charge in [-0.1, -0.05) is 109 Å². The fraction of sp³-hybridized carbons (Fsp3) is 0.267. The number of nitrogens with two attached hydrogens (primary N) is 2. The van der Waals surface area contributed by atoms with E-state index in [1.54, 1.807) is 37.2 Å². The Kier molecular flexibility index (Phi) is 22.0. The predicted octanol–water partition coefficient (Wildman–Crippen LogP) is 6.12. The molecule has 24 nitrogen and oxygen atoms in total. The Hall–Kier alpha value is -11.3. The summed E-state index contributed by atoms with van der Waals surface area (Å²) in [4.78, 5) is 124. The van der Waals surface area contributed by atoms with Gasteiger partial charge in [-0.15, -0.1) is 0 Å². The standard InChI is InChI=1S/C75H80N14O10/c76-26-28-98-30-32-99-31-29-97-27-25-69(90)84-64(34-46-40-79-58-20-8-2-14-52(46)58)71(92)86-66(36-48-42-81-60-22-10-4-16-54(48)60)73(94)88-68(38-50-44-83-62-24-12-6-18-56(50)62)75(96)89-67(37-49-43-82-61-23-11-5-17-55(49)61)74(95)87-65(35-47-41-80-59-21-9-3-15-53(47)59)72(93)85-63(70(77)91)33-45-39-78-57-19-7-1-13-51(45)57/h1-24,39-44,63-68,78-83H,25-38,76H2,(H2,77,91)(H,84,90)(H,85,93)(H,86,92)(H,87,95)(H,88,94)(H,89,96)/t63-,64+,65+,66-,67-,68+/m1/s1. The van der Waals surface area contributed by atoms with Crippen LogP contribution in [0.4, 0.5) is 0 Å². The molecule has 12 aromatic rings. The van der Waals surface area contributed by atoms with Crippen LogP contribution in [0.15, 0.2) is 183 Å². The number of rotatable bonds is 35. The van der Waals surface area contributed by atoms with Gasteiger partial charge in [0.1, 0.15) is 36.3 Å². The molecule has 0 radical (unpaired) electrons. The van der Waals surface area contributed by atoms with Crippen LogP contribution < -0.4 is 43.4 Å². The maximum Gasteiger partial charge on any atom is 0.243 e. The number of hydrogen-bond acceptors (Lipinski definition) is 11. The Balaban J connectivity index is 0.847. The van der Waals surface area contributed by atoms with Gasteiger partial charge in [0.25, 0.3) is 0 Å². The molecule has 0 unspecified atom stereocenters. The van der Waals surface area contributed by atoms with Gasteiger partial charge in [-0.25, -0.2) is 0 Å². The zero-order chi connectivity index (χ0) is 68.6. The van der Waals surface area contributed by atoms with E-state index in [-0.39, 0.29) is 64.8 Å². The minimum atomic E-state index is -1.43. The lowest BCUT2D eigenvalue weighted by molar-refractivity contribution is -0.135. The summed E-state index contributed by atoms with van der Waals surface area (Å²) in [5.74, 6) is -4.95. The smallest absolute Gasteiger partial charge is 0.243 e. The number of aromatic amines is 6. The molecular formula is C75H80N14O10. The van der Waals surface area contributed by atoms with Crippen molar-refractivity contribution in [1.29, 1.82) is 0 Å². The van der Waals surface area contributed by atoms with Gasteiger partial charge in [0, 0.05) is 154 Å². The molecular weight excluding hydrogens is 1260 g/mol. The number of carbonyl (C=O) groups is 7. The highest BCUT2D eigenvalue weighted by Crippen LogP contribution is 2.26. The third kappa shape index (κ3) is 16.7. The molecule has 0 aliphatic rings. The summed E-state index contributed by atoms with van der Waals surface area (Å²) in [5, 5.41) is 22.6. The predicted molar refractivity (Wildman–Crippen MR) is 379 cm³/mol. The van der Waals surface area contributed by atoms with E-state index in [1.807, 2.05) is 146 Å². The molecule has 0 aliphatic carbocycles. The van der Waals surface area contributed by atoms with E-state index in [4.69, 9.17) is 25.7 Å². The molecule has 0 spiro atoms. The summed E-state index contributed by atoms with van der Waals surface area (Å²) in [6.07, 6.45) is 10.2. The van der Waals surface area contributed by atoms with E-state index in [0.717, 1.165) is 76.5 Å². The largest absolute Gasteiger partial charge is 0.379 e. The number of primary amides is 1. The van der Waals surface area contributed by atoms with Crippen LogP contribution in [0, 0.1) is 0 Å². The minimum Gasteiger partial charge on any atom is -0.379 e. The monoisotopic (exact) mass is 1340 g/mol. The average molecular weight is 1340 g/mol. The molecule has 24 heteroatoms. The normalized spacial score (nSPS) is 13.5. The summed E-state index contributed by atoms with van der Waals surface area (Å²) < 4.78 is 16.6. The van der Waals surface area contributed by atoms with Crippen LogP contribution in [0.1, 0.15) is 39.8 Å². The summed E-state index contributed by atoms with van der Waals surface area (Å²) in [6, 6.07) is 37.2. The summed E-state index contributed by atoms with van der Waals surface area (Å²) in [5.41, 5.74) is 20.4. The van der Waals surface area contributed by atoms with Crippen LogP contribution in [-0.4, -0.2) is 154 Å². The molecule has 6 aromatic heterocycles. The van der Waals surface area contributed by atoms with E-state index >= 15 is 24.0 Å². The molecule has 12 rings (SSSR count). The first-order valence-corrected chi connectivity index (χ1v) is 33.2. The first-order valence-electron chi connectivity index (χ1n) is 33.2. The van der Waals surface area contributed by atoms with Gasteiger partial charge in [0.05, 0.1) is 39.6 Å². The van der Waals surface area contributed by atoms with Gasteiger partial charge < -0.3 is 87.5 Å². The third-order valence-electron chi connectivity index (χ3n) is 17.9. The number of para-hydroxylation sites is 6. The van der Waals surface area contributed by atoms with Gasteiger partial charge in [0.15, 0.2) is 0 Å². The van der Waals surface area contributed by atoms with Gasteiger partial charge in [0.2, 0.25) is 41.4 Å². The molecule has 0 bridgehead atoms. The van der Waals surface area contributed by atoms with E-state index < -0.39 is 77.6 Å². The highest BCUT2D eigenvalue weighted by molar-refractivity contribution is 6.00. The van der Waals surface area contributed by atoms with Crippen LogP contribution >= 0.6 is 0 Å². The van der Waals surface area contributed by atoms with E-state index in [0.29, 0.717) is 48.6 Å². The van der Waals surface area contributed by atoms with Crippen molar-refractivity contribution in [2.24, 2.45) is 11.5 Å². The van der Waals surface area contributed by atoms with Crippen molar-refractivity contribution in [3.63, 3.8) is 0 Å². The molecule has 16 N–H and O–H groups in total. The minimum absolute atomic E-state index is 0.0243. The van der Waals surface area contributed by atoms with Crippen LogP contribution in [0.3, 0.4) is 0 Å². The van der Waals surface area contributed by atoms with Gasteiger partial charge >= 0.3 is 0 Å². The molecule has 510 valence electrons. The number of aromatic nitrogens is 6. The molecule has 6 atom stereocenters. The summed E-state index contributed by atoms with van der Waals surface area (Å²) in [6.45, 7) is 2.09. The number of hydrogen-bond donors (Lipinski definition) is 14. The Morgan fingerprint density at radius 2 is 0.525 bits per heavy atom. The number of carbonyl (C=O) groups excluding carboxylic acids is 7. The third-order valence-corrected chi connectivity index (χ3v) is 17.9. The SMILES string of the molecule is NCCOCCOCCOCCC(=O)N[C@@H](Cc1c[nH]c2ccccc12)C(=O)N[C@H](Cc1c[nH]c2ccccc12)C(=O)N[C@@H](Cc1c[nH]c2ccccc12)C(=O)N[C@H](Cc1c[nH]c2ccccc12)C(=O)N[C@@H](Cc1c[nH]c2ccccc12)C(=O)N[C@H](Cc1c[nH]c2ccccc12)C(N)=O. The highest BCUT2D eigenvalue weighted by atomic mass is 16.5. The van der Waals surface area contributed by atoms with E-state index in [2.05, 4.69) is 61.8 Å². The molecule has 0 saturated heterocycles. The summed E-state index contributed by atoms with van der Waals surface area (Å²) in [7, 11) is 0. The number of benzene rings is 6. The molecule has 6 heterocycles. The van der Waals surface area contributed by atoms with Gasteiger partial charge in [-0.05, 0) is 69.8 Å². The van der Waals surface area contributed by atoms with Crippen molar-refractivity contribution in [1.82, 2.24) is 61.8 Å². The summed E-state index contributed by atoms with van der Waals surface area (Å²) >= 11 is 0. The maximum absolute atomic E-state index is 15.8. The van der Waals surface area contributed by atoms with Crippen LogP contribution in [-0.2, 0) is 86.3 Å². The van der Waals surface area contributed by atoms with Crippen molar-refractivity contribution >= 4 is 107 Å². The number of ether oxygens (including phenoxy) is 3. The van der Waals surface area contributed by atoms with Crippen LogP contribution in [0.25, 0.3) is 65.4 Å². The lowest BCUT2D eigenvalue weighted by atomic mass is 9.99. The molecule has 6 aromatic carbocycles. The lowest BCUT2D eigenvalue weighted by Gasteiger charge is -2.28. The Labute approximate surface area is 568 Å². The second-order valence-electron chi connectivity index (χ2n) is 24.6. The average Bonchev–Trinajstić information content (AvgIpc) is 1.78. The number of nitrogens with one attached hydrogen (secondary N) is 12. The molecule has 0 fully saturated rings. The first kappa shape index (κ1) is 67.7. The number of H-pyrrole nitrogens is 6. The van der Waals surface area contributed by atoms with Gasteiger partial charge in [-0.3, -0.25) is 33.6 Å². The molecule has 99 heavy (non-hydrogen) atoms. The topological polar surface area (TPSA) is 366 Å². The highest BCUT2D eigenvalue weighted by Gasteiger charge is 2.36. The van der Waals surface area contributed by atoms with Crippen LogP contribution in [0.5, 0.6) is 0 Å². The fourth-order valence-corrected chi connectivity index (χ4v) is 12.8. The Morgan fingerprint density at radius 1 is 0.303 bits per heavy atom. The quantitative estimate of drug-likeness (QED) is 0.0201. The zero-order valence-corrected chi connectivity index (χ0v) is 54.4. The van der Waals surface area contributed by atoms with Crippen molar-refractivity contribution in [3.05, 3.63) is 216 Å². The van der Waals surface area contributed by atoms with Crippen LogP contribution in [0.2, 0.25) is 0 Å². The molecule has 0 aliphatic heterocycles. The second-order valence-corrected chi connectivity index (χ2v) is 24.6. The van der Waals surface area contributed by atoms with Crippen molar-refractivity contribution in [3.8, 4) is 0 Å². The zero-order valence-electron chi connectivity index (χ0n) is 54.4.